The molecule has 0 aliphatic rings. The molecule has 0 aliphatic heterocycles. The van der Waals surface area contributed by atoms with Gasteiger partial charge in [0.15, 0.2) is 5.43 Å². The van der Waals surface area contributed by atoms with Crippen LogP contribution in [0.25, 0.3) is 22.0 Å². The zero-order valence-electron chi connectivity index (χ0n) is 16.9. The van der Waals surface area contributed by atoms with Crippen LogP contribution in [0.2, 0.25) is 0 Å². The van der Waals surface area contributed by atoms with Crippen molar-refractivity contribution in [3.05, 3.63) is 94.6 Å². The number of nitrogens with one attached hydrogen (secondary N) is 1. The normalized spacial score (nSPS) is 10.7. The van der Waals surface area contributed by atoms with Crippen LogP contribution >= 0.6 is 0 Å². The Hall–Kier alpha value is -3.86. The van der Waals surface area contributed by atoms with Gasteiger partial charge in [0, 0.05) is 17.5 Å². The number of methoxy groups -OCH3 is 1. The molecule has 3 aromatic carbocycles. The predicted molar refractivity (Wildman–Crippen MR) is 120 cm³/mol. The molecule has 4 aromatic rings. The summed E-state index contributed by atoms with van der Waals surface area (Å²) in [5.74, 6) is 0.924. The first kappa shape index (κ1) is 19.5. The summed E-state index contributed by atoms with van der Waals surface area (Å²) in [5.41, 5.74) is 2.37. The van der Waals surface area contributed by atoms with Gasteiger partial charge in [0.2, 0.25) is 0 Å². The van der Waals surface area contributed by atoms with Gasteiger partial charge in [-0.05, 0) is 48.9 Å². The highest BCUT2D eigenvalue weighted by molar-refractivity contribution is 6.06. The lowest BCUT2D eigenvalue weighted by atomic mass is 10.0. The minimum absolute atomic E-state index is 0.121. The third kappa shape index (κ3) is 3.46. The molecule has 0 fully saturated rings. The Morgan fingerprint density at radius 2 is 1.60 bits per heavy atom. The molecule has 5 nitrogen and oxygen atoms in total. The molecule has 4 rings (SSSR count). The second-order valence-corrected chi connectivity index (χ2v) is 6.86. The number of hydrogen-bond acceptors (Lipinski definition) is 3. The molecule has 0 bridgehead atoms. The fourth-order valence-electron chi connectivity index (χ4n) is 3.65. The van der Waals surface area contributed by atoms with Crippen molar-refractivity contribution in [2.75, 3.05) is 12.4 Å². The molecule has 0 aliphatic carbocycles. The maximum Gasteiger partial charge on any atom is 0.256 e. The number of carbonyl (C=O) groups excluding carboxylic acids is 1. The summed E-state index contributed by atoms with van der Waals surface area (Å²) < 4.78 is 7.22. The van der Waals surface area contributed by atoms with E-state index >= 15 is 0 Å². The smallest absolute Gasteiger partial charge is 0.256 e. The summed E-state index contributed by atoms with van der Waals surface area (Å²) in [5, 5.41) is 3.61. The number of amides is 1. The average molecular weight is 398 g/mol. The highest BCUT2D eigenvalue weighted by Crippen LogP contribution is 2.30. The molecule has 30 heavy (non-hydrogen) atoms. The fourth-order valence-corrected chi connectivity index (χ4v) is 3.65. The molecule has 1 N–H and O–H groups in total. The number of carbonyl (C=O) groups is 1. The first-order valence-electron chi connectivity index (χ1n) is 9.80. The van der Waals surface area contributed by atoms with Crippen molar-refractivity contribution >= 4 is 22.6 Å². The lowest BCUT2D eigenvalue weighted by Crippen LogP contribution is -2.22. The standard InChI is InChI=1S/C25H22N2O3/c1-3-27-21-12-8-7-11-20(21)23(28)22(17-13-15-19(30-2)16-14-17)24(27)26-25(29)18-9-5-4-6-10-18/h4-16H,3H2,1-2H3,(H,26,29). The van der Waals surface area contributed by atoms with Crippen LogP contribution in [0.5, 0.6) is 5.75 Å². The number of anilines is 1. The number of rotatable bonds is 5. The van der Waals surface area contributed by atoms with Gasteiger partial charge in [-0.25, -0.2) is 0 Å². The van der Waals surface area contributed by atoms with E-state index in [0.717, 1.165) is 11.1 Å². The van der Waals surface area contributed by atoms with E-state index in [1.807, 2.05) is 78.2 Å². The predicted octanol–water partition coefficient (Wildman–Crippen LogP) is 4.95. The second kappa shape index (κ2) is 8.25. The van der Waals surface area contributed by atoms with Crippen LogP contribution < -0.4 is 15.5 Å². The molecule has 1 aromatic heterocycles. The zero-order valence-corrected chi connectivity index (χ0v) is 16.9. The van der Waals surface area contributed by atoms with E-state index < -0.39 is 0 Å². The molecule has 0 radical (unpaired) electrons. The molecular weight excluding hydrogens is 376 g/mol. The van der Waals surface area contributed by atoms with Gasteiger partial charge >= 0.3 is 0 Å². The average Bonchev–Trinajstić information content (AvgIpc) is 2.80. The molecular formula is C25H22N2O3. The van der Waals surface area contributed by atoms with Gasteiger partial charge < -0.3 is 14.6 Å². The molecule has 5 heteroatoms. The van der Waals surface area contributed by atoms with Crippen molar-refractivity contribution in [1.29, 1.82) is 0 Å². The number of nitrogens with zero attached hydrogens (tertiary/aromatic N) is 1. The highest BCUT2D eigenvalue weighted by atomic mass is 16.5. The van der Waals surface area contributed by atoms with Gasteiger partial charge in [0.25, 0.3) is 5.91 Å². The Balaban J connectivity index is 1.97. The van der Waals surface area contributed by atoms with Crippen molar-refractivity contribution in [3.63, 3.8) is 0 Å². The summed E-state index contributed by atoms with van der Waals surface area (Å²) in [6.45, 7) is 2.58. The third-order valence-electron chi connectivity index (χ3n) is 5.14. The second-order valence-electron chi connectivity index (χ2n) is 6.86. The van der Waals surface area contributed by atoms with Gasteiger partial charge in [0.1, 0.15) is 11.6 Å². The van der Waals surface area contributed by atoms with E-state index in [0.29, 0.717) is 34.6 Å². The Morgan fingerprint density at radius 1 is 0.933 bits per heavy atom. The van der Waals surface area contributed by atoms with Gasteiger partial charge in [-0.2, -0.15) is 0 Å². The van der Waals surface area contributed by atoms with Crippen molar-refractivity contribution in [2.24, 2.45) is 0 Å². The lowest BCUT2D eigenvalue weighted by molar-refractivity contribution is 0.102. The summed E-state index contributed by atoms with van der Waals surface area (Å²) in [6.07, 6.45) is 0. The molecule has 0 unspecified atom stereocenters. The number of aryl methyl sites for hydroxylation is 1. The number of benzene rings is 3. The van der Waals surface area contributed by atoms with Crippen molar-refractivity contribution in [1.82, 2.24) is 4.57 Å². The number of fused-ring (bicyclic) bond motifs is 1. The van der Waals surface area contributed by atoms with E-state index in [2.05, 4.69) is 5.32 Å². The first-order chi connectivity index (χ1) is 14.6. The molecule has 0 atom stereocenters. The number of ether oxygens (including phenoxy) is 1. The van der Waals surface area contributed by atoms with Crippen molar-refractivity contribution in [3.8, 4) is 16.9 Å². The van der Waals surface area contributed by atoms with Crippen molar-refractivity contribution < 1.29 is 9.53 Å². The van der Waals surface area contributed by atoms with Gasteiger partial charge in [-0.3, -0.25) is 9.59 Å². The van der Waals surface area contributed by atoms with Gasteiger partial charge in [0.05, 0.1) is 18.2 Å². The number of aromatic nitrogens is 1. The first-order valence-corrected chi connectivity index (χ1v) is 9.80. The van der Waals surface area contributed by atoms with E-state index in [1.165, 1.54) is 0 Å². The maximum atomic E-state index is 13.5. The van der Waals surface area contributed by atoms with Crippen LogP contribution in [-0.4, -0.2) is 17.6 Å². The molecule has 0 saturated heterocycles. The highest BCUT2D eigenvalue weighted by Gasteiger charge is 2.20. The summed E-state index contributed by atoms with van der Waals surface area (Å²) >= 11 is 0. The summed E-state index contributed by atoms with van der Waals surface area (Å²) in [4.78, 5) is 26.5. The molecule has 0 saturated carbocycles. The van der Waals surface area contributed by atoms with Crippen LogP contribution in [0.4, 0.5) is 5.82 Å². The Kier molecular flexibility index (Phi) is 5.35. The van der Waals surface area contributed by atoms with Gasteiger partial charge in [-0.15, -0.1) is 0 Å². The Labute approximate surface area is 174 Å². The van der Waals surface area contributed by atoms with Gasteiger partial charge in [-0.1, -0.05) is 42.5 Å². The molecule has 0 spiro atoms. The van der Waals surface area contributed by atoms with Crippen molar-refractivity contribution in [2.45, 2.75) is 13.5 Å². The minimum Gasteiger partial charge on any atom is -0.497 e. The largest absolute Gasteiger partial charge is 0.497 e. The molecule has 1 amide bonds. The topological polar surface area (TPSA) is 60.3 Å². The van der Waals surface area contributed by atoms with Crippen LogP contribution in [0.1, 0.15) is 17.3 Å². The summed E-state index contributed by atoms with van der Waals surface area (Å²) in [7, 11) is 1.60. The van der Waals surface area contributed by atoms with Crippen LogP contribution in [-0.2, 0) is 6.54 Å². The molecule has 150 valence electrons. The summed E-state index contributed by atoms with van der Waals surface area (Å²) in [6, 6.07) is 23.7. The lowest BCUT2D eigenvalue weighted by Gasteiger charge is -2.20. The quantitative estimate of drug-likeness (QED) is 0.517. The van der Waals surface area contributed by atoms with E-state index in [-0.39, 0.29) is 11.3 Å². The van der Waals surface area contributed by atoms with Crippen LogP contribution in [0.3, 0.4) is 0 Å². The Bertz CT molecular complexity index is 1260. The third-order valence-corrected chi connectivity index (χ3v) is 5.14. The molecule has 1 heterocycles. The van der Waals surface area contributed by atoms with Crippen LogP contribution in [0.15, 0.2) is 83.7 Å². The minimum atomic E-state index is -0.262. The monoisotopic (exact) mass is 398 g/mol. The number of para-hydroxylation sites is 1. The Morgan fingerprint density at radius 3 is 2.27 bits per heavy atom. The fraction of sp³-hybridized carbons (Fsp3) is 0.120. The van der Waals surface area contributed by atoms with E-state index in [4.69, 9.17) is 4.74 Å². The number of pyridine rings is 1. The maximum absolute atomic E-state index is 13.5. The van der Waals surface area contributed by atoms with E-state index in [9.17, 15) is 9.59 Å². The number of hydrogen-bond donors (Lipinski definition) is 1. The van der Waals surface area contributed by atoms with E-state index in [1.54, 1.807) is 19.2 Å². The SMILES string of the molecule is CCn1c(NC(=O)c2ccccc2)c(-c2ccc(OC)cc2)c(=O)c2ccccc21. The van der Waals surface area contributed by atoms with Crippen LogP contribution in [0, 0.1) is 0 Å². The zero-order chi connectivity index (χ0) is 21.1.